The second-order valence-electron chi connectivity index (χ2n) is 6.66. The van der Waals surface area contributed by atoms with Gasteiger partial charge in [-0.15, -0.1) is 11.3 Å². The molecule has 1 heterocycles. The lowest BCUT2D eigenvalue weighted by Gasteiger charge is -2.17. The molecule has 2 aromatic rings. The molecule has 0 spiro atoms. The molecule has 9 heteroatoms. The summed E-state index contributed by atoms with van der Waals surface area (Å²) in [6.45, 7) is 0.254. The van der Waals surface area contributed by atoms with Gasteiger partial charge < -0.3 is 10.1 Å². The van der Waals surface area contributed by atoms with Gasteiger partial charge in [0.15, 0.2) is 0 Å². The maximum absolute atomic E-state index is 12.6. The minimum Gasteiger partial charge on any atom is -0.443 e. The van der Waals surface area contributed by atoms with Crippen LogP contribution in [0.4, 0.5) is 0 Å². The molecule has 0 saturated heterocycles. The Morgan fingerprint density at radius 2 is 1.89 bits per heavy atom. The number of benzene rings is 1. The Morgan fingerprint density at radius 1 is 1.18 bits per heavy atom. The van der Waals surface area contributed by atoms with Crippen LogP contribution in [0.3, 0.4) is 0 Å². The van der Waals surface area contributed by atoms with Crippen LogP contribution in [0.1, 0.15) is 39.1 Å². The Labute approximate surface area is 168 Å². The highest BCUT2D eigenvalue weighted by molar-refractivity contribution is 7.88. The van der Waals surface area contributed by atoms with E-state index in [0.29, 0.717) is 16.9 Å². The van der Waals surface area contributed by atoms with Crippen LogP contribution < -0.4 is 10.0 Å². The zero-order valence-electron chi connectivity index (χ0n) is 15.4. The number of sulfonamides is 1. The molecule has 0 radical (unpaired) electrons. The van der Waals surface area contributed by atoms with Gasteiger partial charge >= 0.3 is 5.97 Å². The topological polar surface area (TPSA) is 102 Å². The number of hydrogen-bond acceptors (Lipinski definition) is 6. The van der Waals surface area contributed by atoms with Gasteiger partial charge in [-0.2, -0.15) is 0 Å². The quantitative estimate of drug-likeness (QED) is 0.602. The summed E-state index contributed by atoms with van der Waals surface area (Å²) in [4.78, 5) is 26.3. The lowest BCUT2D eigenvalue weighted by molar-refractivity contribution is -0.130. The molecule has 1 saturated carbocycles. The summed E-state index contributed by atoms with van der Waals surface area (Å²) in [5.41, 5.74) is 0.614. The Hall–Kier alpha value is -2.23. The number of esters is 1. The van der Waals surface area contributed by atoms with E-state index in [1.165, 1.54) is 11.3 Å². The number of ether oxygens (including phenoxy) is 1. The van der Waals surface area contributed by atoms with Crippen molar-refractivity contribution in [3.8, 4) is 0 Å². The standard InChI is InChI=1S/C19H22N2O5S2/c1-28(24,25)20-12-11-15-9-10-16(27-15)19(23)26-17(13-5-3-2-4-6-13)18(22)21-14-7-8-14/h2-6,9-10,14,17,20H,7-8,11-12H2,1H3,(H,21,22)/t17-/m1/s1. The van der Waals surface area contributed by atoms with Gasteiger partial charge in [0.2, 0.25) is 16.1 Å². The average molecular weight is 423 g/mol. The number of nitrogens with one attached hydrogen (secondary N) is 2. The van der Waals surface area contributed by atoms with Gasteiger partial charge in [0.25, 0.3) is 5.91 Å². The van der Waals surface area contributed by atoms with Gasteiger partial charge in [0.1, 0.15) is 4.88 Å². The lowest BCUT2D eigenvalue weighted by atomic mass is 10.1. The van der Waals surface area contributed by atoms with E-state index < -0.39 is 22.1 Å². The molecular weight excluding hydrogens is 400 g/mol. The number of amides is 1. The molecule has 2 N–H and O–H groups in total. The number of carbonyl (C=O) groups excluding carboxylic acids is 2. The molecule has 1 atom stereocenters. The number of hydrogen-bond donors (Lipinski definition) is 2. The van der Waals surface area contributed by atoms with Crippen molar-refractivity contribution in [1.29, 1.82) is 0 Å². The van der Waals surface area contributed by atoms with Crippen LogP contribution in [0.5, 0.6) is 0 Å². The van der Waals surface area contributed by atoms with E-state index in [2.05, 4.69) is 10.0 Å². The highest BCUT2D eigenvalue weighted by Crippen LogP contribution is 2.25. The third-order valence-electron chi connectivity index (χ3n) is 4.09. The van der Waals surface area contributed by atoms with E-state index in [-0.39, 0.29) is 18.5 Å². The number of rotatable bonds is 9. The minimum atomic E-state index is -3.25. The fraction of sp³-hybridized carbons (Fsp3) is 0.368. The molecule has 0 aliphatic heterocycles. The molecule has 1 fully saturated rings. The van der Waals surface area contributed by atoms with Gasteiger partial charge in [-0.3, -0.25) is 4.79 Å². The van der Waals surface area contributed by atoms with Gasteiger partial charge in [-0.25, -0.2) is 17.9 Å². The minimum absolute atomic E-state index is 0.160. The van der Waals surface area contributed by atoms with Gasteiger partial charge in [0, 0.05) is 23.0 Å². The van der Waals surface area contributed by atoms with E-state index in [4.69, 9.17) is 4.74 Å². The molecule has 150 valence electrons. The summed E-state index contributed by atoms with van der Waals surface area (Å²) < 4.78 is 30.2. The highest BCUT2D eigenvalue weighted by atomic mass is 32.2. The zero-order chi connectivity index (χ0) is 20.1. The summed E-state index contributed by atoms with van der Waals surface area (Å²) in [5.74, 6) is -0.900. The van der Waals surface area contributed by atoms with Crippen LogP contribution in [-0.4, -0.2) is 39.1 Å². The average Bonchev–Trinajstić information content (AvgIpc) is 3.33. The normalized spacial score (nSPS) is 15.0. The van der Waals surface area contributed by atoms with Crippen molar-refractivity contribution in [1.82, 2.24) is 10.0 Å². The van der Waals surface area contributed by atoms with Gasteiger partial charge in [0.05, 0.1) is 6.26 Å². The van der Waals surface area contributed by atoms with Crippen molar-refractivity contribution in [2.24, 2.45) is 0 Å². The maximum atomic E-state index is 12.6. The molecule has 0 unspecified atom stereocenters. The summed E-state index contributed by atoms with van der Waals surface area (Å²) in [5, 5.41) is 2.88. The van der Waals surface area contributed by atoms with Gasteiger partial charge in [-0.1, -0.05) is 30.3 Å². The summed E-state index contributed by atoms with van der Waals surface area (Å²) >= 11 is 1.23. The zero-order valence-corrected chi connectivity index (χ0v) is 17.0. The SMILES string of the molecule is CS(=O)(=O)NCCc1ccc(C(=O)O[C@@H](C(=O)NC2CC2)c2ccccc2)s1. The molecule has 28 heavy (non-hydrogen) atoms. The van der Waals surface area contributed by atoms with Crippen LogP contribution in [0.25, 0.3) is 0 Å². The second-order valence-corrected chi connectivity index (χ2v) is 9.66. The first kappa shape index (κ1) is 20.5. The van der Waals surface area contributed by atoms with Crippen LogP contribution in [0.15, 0.2) is 42.5 Å². The van der Waals surface area contributed by atoms with Crippen molar-refractivity contribution in [2.75, 3.05) is 12.8 Å². The molecule has 3 rings (SSSR count). The Balaban J connectivity index is 1.65. The van der Waals surface area contributed by atoms with E-state index in [1.807, 2.05) is 6.07 Å². The second kappa shape index (κ2) is 8.85. The van der Waals surface area contributed by atoms with Crippen molar-refractivity contribution in [2.45, 2.75) is 31.4 Å². The maximum Gasteiger partial charge on any atom is 0.349 e. The molecule has 1 aromatic heterocycles. The van der Waals surface area contributed by atoms with E-state index in [9.17, 15) is 18.0 Å². The smallest absolute Gasteiger partial charge is 0.349 e. The third-order valence-corrected chi connectivity index (χ3v) is 5.94. The lowest BCUT2D eigenvalue weighted by Crippen LogP contribution is -2.33. The first-order chi connectivity index (χ1) is 13.3. The summed E-state index contributed by atoms with van der Waals surface area (Å²) in [6, 6.07) is 12.5. The fourth-order valence-electron chi connectivity index (χ4n) is 2.55. The monoisotopic (exact) mass is 422 g/mol. The van der Waals surface area contributed by atoms with Crippen molar-refractivity contribution in [3.63, 3.8) is 0 Å². The third kappa shape index (κ3) is 6.15. The van der Waals surface area contributed by atoms with Crippen molar-refractivity contribution >= 4 is 33.2 Å². The first-order valence-electron chi connectivity index (χ1n) is 8.91. The molecular formula is C19H22N2O5S2. The van der Waals surface area contributed by atoms with Gasteiger partial charge in [-0.05, 0) is 31.4 Å². The molecule has 0 bridgehead atoms. The van der Waals surface area contributed by atoms with Crippen LogP contribution >= 0.6 is 11.3 Å². The largest absolute Gasteiger partial charge is 0.443 e. The number of carbonyl (C=O) groups is 2. The Kier molecular flexibility index (Phi) is 6.48. The molecule has 1 aromatic carbocycles. The van der Waals surface area contributed by atoms with E-state index >= 15 is 0 Å². The predicted octanol–water partition coefficient (Wildman–Crippen LogP) is 2.02. The number of thiophene rings is 1. The molecule has 7 nitrogen and oxygen atoms in total. The highest BCUT2D eigenvalue weighted by Gasteiger charge is 2.31. The first-order valence-corrected chi connectivity index (χ1v) is 11.6. The van der Waals surface area contributed by atoms with Crippen molar-refractivity contribution in [3.05, 3.63) is 57.8 Å². The summed E-state index contributed by atoms with van der Waals surface area (Å²) in [6.07, 6.45) is 2.44. The van der Waals surface area contributed by atoms with E-state index in [1.54, 1.807) is 36.4 Å². The summed E-state index contributed by atoms with van der Waals surface area (Å²) in [7, 11) is -3.25. The molecule has 1 aliphatic rings. The Morgan fingerprint density at radius 3 is 2.54 bits per heavy atom. The van der Waals surface area contributed by atoms with Crippen LogP contribution in [0.2, 0.25) is 0 Å². The predicted molar refractivity (Wildman–Crippen MR) is 107 cm³/mol. The van der Waals surface area contributed by atoms with Crippen LogP contribution in [0, 0.1) is 0 Å². The van der Waals surface area contributed by atoms with E-state index in [0.717, 1.165) is 24.0 Å². The fourth-order valence-corrected chi connectivity index (χ4v) is 3.92. The molecule has 1 amide bonds. The Bertz CT molecular complexity index is 936. The van der Waals surface area contributed by atoms with Crippen molar-refractivity contribution < 1.29 is 22.7 Å². The van der Waals surface area contributed by atoms with Crippen LogP contribution in [-0.2, 0) is 26.0 Å². The molecule has 1 aliphatic carbocycles.